The van der Waals surface area contributed by atoms with Crippen LogP contribution < -0.4 is 4.74 Å². The van der Waals surface area contributed by atoms with Crippen LogP contribution in [0.2, 0.25) is 0 Å². The van der Waals surface area contributed by atoms with Crippen molar-refractivity contribution >= 4 is 5.78 Å². The van der Waals surface area contributed by atoms with Crippen LogP contribution in [0.5, 0.6) is 5.75 Å². The molecule has 2 rings (SSSR count). The van der Waals surface area contributed by atoms with Crippen LogP contribution in [0.4, 0.5) is 0 Å². The zero-order valence-corrected chi connectivity index (χ0v) is 12.0. The van der Waals surface area contributed by atoms with Gasteiger partial charge < -0.3 is 4.74 Å². The average molecular weight is 268 g/mol. The first-order valence-electron chi connectivity index (χ1n) is 6.99. The Labute approximate surface area is 120 Å². The first-order chi connectivity index (χ1) is 9.65. The normalized spacial score (nSPS) is 10.6. The highest BCUT2D eigenvalue weighted by molar-refractivity contribution is 5.96. The topological polar surface area (TPSA) is 26.3 Å². The molecule has 2 nitrogen and oxygen atoms in total. The molecule has 2 aromatic rings. The SMILES string of the molecule is CC(C)Oc1ccc(C(=O)CCc2ccccc2)cc1. The van der Waals surface area contributed by atoms with Gasteiger partial charge in [0.05, 0.1) is 6.10 Å². The maximum atomic E-state index is 12.1. The molecule has 0 aromatic heterocycles. The van der Waals surface area contributed by atoms with Crippen molar-refractivity contribution < 1.29 is 9.53 Å². The zero-order chi connectivity index (χ0) is 14.4. The van der Waals surface area contributed by atoms with E-state index in [4.69, 9.17) is 4.74 Å². The molecular weight excluding hydrogens is 248 g/mol. The van der Waals surface area contributed by atoms with Crippen LogP contribution >= 0.6 is 0 Å². The van der Waals surface area contributed by atoms with Crippen molar-refractivity contribution in [3.05, 3.63) is 65.7 Å². The van der Waals surface area contributed by atoms with E-state index in [1.165, 1.54) is 5.56 Å². The fourth-order valence-corrected chi connectivity index (χ4v) is 2.04. The third-order valence-electron chi connectivity index (χ3n) is 3.03. The lowest BCUT2D eigenvalue weighted by Crippen LogP contribution is -2.06. The Hall–Kier alpha value is -2.09. The van der Waals surface area contributed by atoms with Gasteiger partial charge in [0.1, 0.15) is 5.75 Å². The van der Waals surface area contributed by atoms with Gasteiger partial charge in [-0.05, 0) is 50.1 Å². The molecule has 0 amide bonds. The van der Waals surface area contributed by atoms with Crippen LogP contribution in [-0.2, 0) is 6.42 Å². The largest absolute Gasteiger partial charge is 0.491 e. The summed E-state index contributed by atoms with van der Waals surface area (Å²) in [5, 5.41) is 0. The van der Waals surface area contributed by atoms with E-state index in [1.807, 2.05) is 68.4 Å². The molecule has 104 valence electrons. The Morgan fingerprint density at radius 2 is 1.65 bits per heavy atom. The Morgan fingerprint density at radius 1 is 1.00 bits per heavy atom. The van der Waals surface area contributed by atoms with E-state index < -0.39 is 0 Å². The van der Waals surface area contributed by atoms with Gasteiger partial charge in [-0.25, -0.2) is 0 Å². The summed E-state index contributed by atoms with van der Waals surface area (Å²) in [6.45, 7) is 3.97. The number of carbonyl (C=O) groups excluding carboxylic acids is 1. The molecule has 0 atom stereocenters. The van der Waals surface area contributed by atoms with Crippen molar-refractivity contribution in [2.75, 3.05) is 0 Å². The highest BCUT2D eigenvalue weighted by Gasteiger charge is 2.06. The lowest BCUT2D eigenvalue weighted by Gasteiger charge is -2.09. The average Bonchev–Trinajstić information content (AvgIpc) is 2.46. The number of Topliss-reactive ketones (excluding diaryl/α,β-unsaturated/α-hetero) is 1. The van der Waals surface area contributed by atoms with Crippen LogP contribution in [0.25, 0.3) is 0 Å². The van der Waals surface area contributed by atoms with Crippen LogP contribution in [-0.4, -0.2) is 11.9 Å². The van der Waals surface area contributed by atoms with Gasteiger partial charge in [-0.15, -0.1) is 0 Å². The van der Waals surface area contributed by atoms with Crippen molar-refractivity contribution in [1.82, 2.24) is 0 Å². The molecule has 0 heterocycles. The van der Waals surface area contributed by atoms with Gasteiger partial charge in [0.15, 0.2) is 5.78 Å². The van der Waals surface area contributed by atoms with Crippen molar-refractivity contribution in [1.29, 1.82) is 0 Å². The van der Waals surface area contributed by atoms with E-state index >= 15 is 0 Å². The molecule has 0 fully saturated rings. The molecule has 0 saturated heterocycles. The van der Waals surface area contributed by atoms with Crippen LogP contribution in [0.3, 0.4) is 0 Å². The van der Waals surface area contributed by atoms with E-state index in [2.05, 4.69) is 0 Å². The van der Waals surface area contributed by atoms with Gasteiger partial charge in [0.25, 0.3) is 0 Å². The molecule has 0 N–H and O–H groups in total. The first-order valence-corrected chi connectivity index (χ1v) is 6.99. The van der Waals surface area contributed by atoms with Crippen molar-refractivity contribution in [2.45, 2.75) is 32.8 Å². The van der Waals surface area contributed by atoms with E-state index in [0.717, 1.165) is 17.7 Å². The number of hydrogen-bond acceptors (Lipinski definition) is 2. The number of aryl methyl sites for hydroxylation is 1. The first kappa shape index (κ1) is 14.3. The molecule has 0 aliphatic rings. The maximum Gasteiger partial charge on any atom is 0.163 e. The third kappa shape index (κ3) is 4.23. The Morgan fingerprint density at radius 3 is 2.25 bits per heavy atom. The standard InChI is InChI=1S/C18H20O2/c1-14(2)20-17-11-9-16(10-12-17)18(19)13-8-15-6-4-3-5-7-15/h3-7,9-12,14H,8,13H2,1-2H3. The highest BCUT2D eigenvalue weighted by Crippen LogP contribution is 2.15. The summed E-state index contributed by atoms with van der Waals surface area (Å²) in [6.07, 6.45) is 1.47. The molecule has 0 bridgehead atoms. The van der Waals surface area contributed by atoms with E-state index in [-0.39, 0.29) is 11.9 Å². The lowest BCUT2D eigenvalue weighted by atomic mass is 10.0. The second-order valence-corrected chi connectivity index (χ2v) is 5.10. The summed E-state index contributed by atoms with van der Waals surface area (Å²) >= 11 is 0. The molecular formula is C18H20O2. The molecule has 2 aromatic carbocycles. The van der Waals surface area contributed by atoms with Crippen molar-refractivity contribution in [3.63, 3.8) is 0 Å². The minimum Gasteiger partial charge on any atom is -0.491 e. The monoisotopic (exact) mass is 268 g/mol. The minimum atomic E-state index is 0.148. The quantitative estimate of drug-likeness (QED) is 0.730. The summed E-state index contributed by atoms with van der Waals surface area (Å²) in [6, 6.07) is 17.5. The van der Waals surface area contributed by atoms with Crippen LogP contribution in [0.15, 0.2) is 54.6 Å². The molecule has 0 aliphatic carbocycles. The summed E-state index contributed by atoms with van der Waals surface area (Å²) in [4.78, 5) is 12.1. The number of hydrogen-bond donors (Lipinski definition) is 0. The molecule has 0 spiro atoms. The summed E-state index contributed by atoms with van der Waals surface area (Å²) < 4.78 is 5.57. The third-order valence-corrected chi connectivity index (χ3v) is 3.03. The molecule has 0 unspecified atom stereocenters. The van der Waals surface area contributed by atoms with Crippen molar-refractivity contribution in [2.24, 2.45) is 0 Å². The number of ketones is 1. The van der Waals surface area contributed by atoms with E-state index in [0.29, 0.717) is 6.42 Å². The highest BCUT2D eigenvalue weighted by atomic mass is 16.5. The zero-order valence-electron chi connectivity index (χ0n) is 12.0. The molecule has 0 radical (unpaired) electrons. The van der Waals surface area contributed by atoms with Gasteiger partial charge in [-0.1, -0.05) is 30.3 Å². The fraction of sp³-hybridized carbons (Fsp3) is 0.278. The lowest BCUT2D eigenvalue weighted by molar-refractivity contribution is 0.0983. The summed E-state index contributed by atoms with van der Waals surface area (Å²) in [5.74, 6) is 0.976. The van der Waals surface area contributed by atoms with Crippen LogP contribution in [0, 0.1) is 0 Å². The molecule has 20 heavy (non-hydrogen) atoms. The van der Waals surface area contributed by atoms with Gasteiger partial charge in [-0.3, -0.25) is 4.79 Å². The second-order valence-electron chi connectivity index (χ2n) is 5.10. The number of carbonyl (C=O) groups is 1. The summed E-state index contributed by atoms with van der Waals surface area (Å²) in [7, 11) is 0. The number of rotatable bonds is 6. The number of ether oxygens (including phenoxy) is 1. The van der Waals surface area contributed by atoms with E-state index in [1.54, 1.807) is 0 Å². The molecule has 0 aliphatic heterocycles. The smallest absolute Gasteiger partial charge is 0.163 e. The summed E-state index contributed by atoms with van der Waals surface area (Å²) in [5.41, 5.74) is 1.94. The maximum absolute atomic E-state index is 12.1. The Bertz CT molecular complexity index is 541. The number of benzene rings is 2. The van der Waals surface area contributed by atoms with Crippen molar-refractivity contribution in [3.8, 4) is 5.75 Å². The predicted molar refractivity (Wildman–Crippen MR) is 81.3 cm³/mol. The predicted octanol–water partition coefficient (Wildman–Crippen LogP) is 4.29. The van der Waals surface area contributed by atoms with Crippen LogP contribution in [0.1, 0.15) is 36.2 Å². The minimum absolute atomic E-state index is 0.148. The van der Waals surface area contributed by atoms with Gasteiger partial charge in [0, 0.05) is 12.0 Å². The Balaban J connectivity index is 1.92. The second kappa shape index (κ2) is 6.90. The van der Waals surface area contributed by atoms with Gasteiger partial charge in [-0.2, -0.15) is 0 Å². The van der Waals surface area contributed by atoms with Gasteiger partial charge >= 0.3 is 0 Å². The Kier molecular flexibility index (Phi) is 4.94. The molecule has 2 heteroatoms. The van der Waals surface area contributed by atoms with Gasteiger partial charge in [0.2, 0.25) is 0 Å². The molecule has 0 saturated carbocycles. The fourth-order valence-electron chi connectivity index (χ4n) is 2.04. The van der Waals surface area contributed by atoms with E-state index in [9.17, 15) is 4.79 Å².